The van der Waals surface area contributed by atoms with Crippen LogP contribution in [0.1, 0.15) is 17.7 Å². The molecule has 1 unspecified atom stereocenters. The Morgan fingerprint density at radius 1 is 1.45 bits per heavy atom. The summed E-state index contributed by atoms with van der Waals surface area (Å²) in [7, 11) is 6.14. The van der Waals surface area contributed by atoms with Crippen LogP contribution in [0.25, 0.3) is 0 Å². The van der Waals surface area contributed by atoms with Gasteiger partial charge in [0.2, 0.25) is 0 Å². The van der Waals surface area contributed by atoms with Crippen LogP contribution in [0.5, 0.6) is 0 Å². The predicted molar refractivity (Wildman–Crippen MR) is 98.1 cm³/mol. The topological polar surface area (TPSA) is 39.7 Å². The monoisotopic (exact) mass is 408 g/mol. The summed E-state index contributed by atoms with van der Waals surface area (Å²) in [5.41, 5.74) is 0. The minimum absolute atomic E-state index is 0. The second-order valence-electron chi connectivity index (χ2n) is 5.25. The van der Waals surface area contributed by atoms with Gasteiger partial charge in [-0.3, -0.25) is 4.99 Å². The molecule has 0 aromatic carbocycles. The van der Waals surface area contributed by atoms with Gasteiger partial charge in [-0.25, -0.2) is 0 Å². The van der Waals surface area contributed by atoms with E-state index in [0.717, 1.165) is 25.0 Å². The maximum atomic E-state index is 4.28. The highest BCUT2D eigenvalue weighted by molar-refractivity contribution is 14.0. The van der Waals surface area contributed by atoms with Crippen LogP contribution in [-0.2, 0) is 6.54 Å². The van der Waals surface area contributed by atoms with Crippen molar-refractivity contribution in [3.05, 3.63) is 22.4 Å². The van der Waals surface area contributed by atoms with E-state index in [-0.39, 0.29) is 24.0 Å². The van der Waals surface area contributed by atoms with Gasteiger partial charge in [-0.1, -0.05) is 6.07 Å². The first kappa shape index (κ1) is 17.7. The largest absolute Gasteiger partial charge is 0.355 e. The number of guanidine groups is 1. The Morgan fingerprint density at radius 2 is 2.20 bits per heavy atom. The molecule has 0 spiro atoms. The van der Waals surface area contributed by atoms with Crippen molar-refractivity contribution in [1.82, 2.24) is 15.5 Å². The van der Waals surface area contributed by atoms with Crippen molar-refractivity contribution in [2.75, 3.05) is 27.7 Å². The molecule has 0 amide bonds. The first-order valence-corrected chi connectivity index (χ1v) is 7.72. The van der Waals surface area contributed by atoms with Gasteiger partial charge in [-0.15, -0.1) is 35.3 Å². The van der Waals surface area contributed by atoms with Gasteiger partial charge in [0.05, 0.1) is 6.54 Å². The molecule has 1 fully saturated rings. The molecule has 6 heteroatoms. The summed E-state index contributed by atoms with van der Waals surface area (Å²) < 4.78 is 0. The van der Waals surface area contributed by atoms with E-state index < -0.39 is 0 Å². The Bertz CT molecular complexity index is 399. The van der Waals surface area contributed by atoms with Crippen molar-refractivity contribution in [3.63, 3.8) is 0 Å². The Morgan fingerprint density at radius 3 is 2.70 bits per heavy atom. The van der Waals surface area contributed by atoms with Crippen LogP contribution >= 0.6 is 35.3 Å². The molecule has 1 aromatic heterocycles. The van der Waals surface area contributed by atoms with Crippen molar-refractivity contribution in [2.45, 2.75) is 25.4 Å². The zero-order chi connectivity index (χ0) is 13.7. The lowest BCUT2D eigenvalue weighted by molar-refractivity contribution is 0.264. The van der Waals surface area contributed by atoms with Crippen LogP contribution in [0.3, 0.4) is 0 Å². The van der Waals surface area contributed by atoms with Gasteiger partial charge in [0.1, 0.15) is 0 Å². The molecule has 1 aliphatic rings. The van der Waals surface area contributed by atoms with Crippen LogP contribution in [0.4, 0.5) is 0 Å². The van der Waals surface area contributed by atoms with Crippen molar-refractivity contribution < 1.29 is 0 Å². The molecule has 1 saturated carbocycles. The zero-order valence-electron chi connectivity index (χ0n) is 12.4. The molecule has 4 nitrogen and oxygen atoms in total. The third kappa shape index (κ3) is 5.57. The summed E-state index contributed by atoms with van der Waals surface area (Å²) in [6.45, 7) is 1.80. The molecule has 1 heterocycles. The highest BCUT2D eigenvalue weighted by Crippen LogP contribution is 2.34. The van der Waals surface area contributed by atoms with E-state index in [1.165, 1.54) is 17.7 Å². The first-order valence-electron chi connectivity index (χ1n) is 6.84. The number of hydrogen-bond acceptors (Lipinski definition) is 3. The zero-order valence-corrected chi connectivity index (χ0v) is 15.6. The van der Waals surface area contributed by atoms with Crippen LogP contribution in [0.2, 0.25) is 0 Å². The lowest BCUT2D eigenvalue weighted by Crippen LogP contribution is -2.45. The first-order chi connectivity index (χ1) is 9.20. The fraction of sp³-hybridized carbons (Fsp3) is 0.643. The quantitative estimate of drug-likeness (QED) is 0.432. The van der Waals surface area contributed by atoms with E-state index in [4.69, 9.17) is 0 Å². The van der Waals surface area contributed by atoms with E-state index in [1.807, 2.05) is 7.05 Å². The van der Waals surface area contributed by atoms with Gasteiger partial charge in [0, 0.05) is 24.5 Å². The van der Waals surface area contributed by atoms with Crippen LogP contribution in [0.15, 0.2) is 22.5 Å². The van der Waals surface area contributed by atoms with Gasteiger partial charge in [0.15, 0.2) is 5.96 Å². The van der Waals surface area contributed by atoms with Crippen molar-refractivity contribution >= 4 is 41.3 Å². The molecular formula is C14H25IN4S. The summed E-state index contributed by atoms with van der Waals surface area (Å²) in [4.78, 5) is 7.92. The molecule has 1 atom stereocenters. The standard InChI is InChI=1S/C14H24N4S.HI/c1-15-14(16-9-12-5-4-8-19-12)17-10-13(18(2)3)11-6-7-11;/h4-5,8,11,13H,6-7,9-10H2,1-3H3,(H2,15,16,17);1H. The second-order valence-corrected chi connectivity index (χ2v) is 6.29. The summed E-state index contributed by atoms with van der Waals surface area (Å²) in [5.74, 6) is 1.75. The lowest BCUT2D eigenvalue weighted by atomic mass is 10.1. The molecule has 2 rings (SSSR count). The number of aliphatic imine (C=N–C) groups is 1. The third-order valence-electron chi connectivity index (χ3n) is 3.54. The average Bonchev–Trinajstić information content (AvgIpc) is 3.08. The Hall–Kier alpha value is -0.340. The Balaban J connectivity index is 0.00000200. The summed E-state index contributed by atoms with van der Waals surface area (Å²) in [6, 6.07) is 4.82. The summed E-state index contributed by atoms with van der Waals surface area (Å²) in [5, 5.41) is 8.89. The molecule has 0 bridgehead atoms. The second kappa shape index (κ2) is 8.84. The van der Waals surface area contributed by atoms with Gasteiger partial charge < -0.3 is 15.5 Å². The third-order valence-corrected chi connectivity index (χ3v) is 4.42. The van der Waals surface area contributed by atoms with Gasteiger partial charge in [-0.2, -0.15) is 0 Å². The molecule has 2 N–H and O–H groups in total. The predicted octanol–water partition coefficient (Wildman–Crippen LogP) is 2.37. The van der Waals surface area contributed by atoms with Crippen LogP contribution < -0.4 is 10.6 Å². The number of halogens is 1. The van der Waals surface area contributed by atoms with E-state index in [9.17, 15) is 0 Å². The minimum Gasteiger partial charge on any atom is -0.355 e. The van der Waals surface area contributed by atoms with Crippen LogP contribution in [-0.4, -0.2) is 44.6 Å². The SMILES string of the molecule is CN=C(NCc1cccs1)NCC(C1CC1)N(C)C.I. The van der Waals surface area contributed by atoms with E-state index >= 15 is 0 Å². The normalized spacial score (nSPS) is 16.7. The number of nitrogens with one attached hydrogen (secondary N) is 2. The molecule has 114 valence electrons. The number of nitrogens with zero attached hydrogens (tertiary/aromatic N) is 2. The molecular weight excluding hydrogens is 383 g/mol. The molecule has 0 saturated heterocycles. The van der Waals surface area contributed by atoms with Crippen molar-refractivity contribution in [2.24, 2.45) is 10.9 Å². The maximum Gasteiger partial charge on any atom is 0.191 e. The molecule has 0 aliphatic heterocycles. The summed E-state index contributed by atoms with van der Waals surface area (Å²) in [6.07, 6.45) is 2.73. The van der Waals surface area contributed by atoms with Crippen molar-refractivity contribution in [3.8, 4) is 0 Å². The van der Waals surface area contributed by atoms with Gasteiger partial charge >= 0.3 is 0 Å². The number of thiophene rings is 1. The van der Waals surface area contributed by atoms with Crippen LogP contribution in [0, 0.1) is 5.92 Å². The Labute approximate surface area is 143 Å². The maximum absolute atomic E-state index is 4.28. The highest BCUT2D eigenvalue weighted by atomic mass is 127. The molecule has 1 aromatic rings. The lowest BCUT2D eigenvalue weighted by Gasteiger charge is -2.25. The number of rotatable bonds is 6. The van der Waals surface area contributed by atoms with E-state index in [1.54, 1.807) is 11.3 Å². The van der Waals surface area contributed by atoms with Gasteiger partial charge in [0.25, 0.3) is 0 Å². The average molecular weight is 408 g/mol. The van der Waals surface area contributed by atoms with E-state index in [2.05, 4.69) is 52.1 Å². The highest BCUT2D eigenvalue weighted by Gasteiger charge is 2.32. The number of hydrogen-bond donors (Lipinski definition) is 2. The van der Waals surface area contributed by atoms with Crippen molar-refractivity contribution in [1.29, 1.82) is 0 Å². The summed E-state index contributed by atoms with van der Waals surface area (Å²) >= 11 is 1.77. The van der Waals surface area contributed by atoms with E-state index in [0.29, 0.717) is 6.04 Å². The Kier molecular flexibility index (Phi) is 7.83. The smallest absolute Gasteiger partial charge is 0.191 e. The molecule has 0 radical (unpaired) electrons. The van der Waals surface area contributed by atoms with Gasteiger partial charge in [-0.05, 0) is 44.3 Å². The fourth-order valence-corrected chi connectivity index (χ4v) is 2.90. The fourth-order valence-electron chi connectivity index (χ4n) is 2.26. The number of likely N-dealkylation sites (N-methyl/N-ethyl adjacent to an activating group) is 1. The molecule has 20 heavy (non-hydrogen) atoms. The minimum atomic E-state index is 0. The molecule has 1 aliphatic carbocycles.